The Morgan fingerprint density at radius 1 is 1.41 bits per heavy atom. The van der Waals surface area contributed by atoms with Crippen molar-refractivity contribution >= 4 is 10.0 Å². The molecular weight excluding hydrogens is 304 g/mol. The van der Waals surface area contributed by atoms with Gasteiger partial charge in [-0.3, -0.25) is 9.78 Å². The van der Waals surface area contributed by atoms with E-state index in [4.69, 9.17) is 0 Å². The molecular formula is C13H20N6O2S. The molecule has 3 heterocycles. The van der Waals surface area contributed by atoms with Crippen LogP contribution in [0.2, 0.25) is 0 Å². The van der Waals surface area contributed by atoms with Crippen LogP contribution in [0.25, 0.3) is 0 Å². The fraction of sp³-hybridized carbons (Fsp3) is 0.538. The molecule has 0 atom stereocenters. The van der Waals surface area contributed by atoms with Crippen LogP contribution in [-0.2, 0) is 23.6 Å². The number of aromatic nitrogens is 4. The summed E-state index contributed by atoms with van der Waals surface area (Å²) in [6.45, 7) is 1.77. The van der Waals surface area contributed by atoms with Crippen molar-refractivity contribution in [3.8, 4) is 0 Å². The van der Waals surface area contributed by atoms with Crippen molar-refractivity contribution in [2.75, 3.05) is 13.1 Å². The number of piperidine rings is 1. The molecule has 120 valence electrons. The molecule has 2 N–H and O–H groups in total. The van der Waals surface area contributed by atoms with Crippen LogP contribution in [0.5, 0.6) is 0 Å². The molecule has 0 bridgehead atoms. The lowest BCUT2D eigenvalue weighted by molar-refractivity contribution is 0.288. The maximum Gasteiger partial charge on any atom is 0.246 e. The molecule has 0 saturated carbocycles. The summed E-state index contributed by atoms with van der Waals surface area (Å²) in [6.07, 6.45) is 6.26. The molecule has 0 radical (unpaired) electrons. The number of aryl methyl sites for hydroxylation is 1. The molecule has 0 unspecified atom stereocenters. The highest BCUT2D eigenvalue weighted by atomic mass is 32.2. The zero-order valence-electron chi connectivity index (χ0n) is 12.4. The third-order valence-corrected chi connectivity index (χ3v) is 5.76. The number of H-pyrrole nitrogens is 1. The van der Waals surface area contributed by atoms with Crippen LogP contribution in [0, 0.1) is 0 Å². The summed E-state index contributed by atoms with van der Waals surface area (Å²) in [5, 5.41) is 14.2. The molecule has 22 heavy (non-hydrogen) atoms. The normalized spacial score (nSPS) is 17.9. The van der Waals surface area contributed by atoms with Gasteiger partial charge in [0.2, 0.25) is 10.0 Å². The number of nitrogens with zero attached hydrogens (tertiary/aromatic N) is 4. The first kappa shape index (κ1) is 15.2. The minimum absolute atomic E-state index is 0.263. The SMILES string of the molecule is Cn1cc(S(=O)(=O)N2CCC(NCc3ccn[nH]3)CC2)cn1. The Morgan fingerprint density at radius 3 is 2.77 bits per heavy atom. The summed E-state index contributed by atoms with van der Waals surface area (Å²) in [7, 11) is -1.70. The van der Waals surface area contributed by atoms with E-state index in [9.17, 15) is 8.42 Å². The molecule has 2 aromatic rings. The predicted octanol–water partition coefficient (Wildman–Crippen LogP) is 0.0861. The maximum absolute atomic E-state index is 12.5. The van der Waals surface area contributed by atoms with Crippen LogP contribution in [0.4, 0.5) is 0 Å². The minimum Gasteiger partial charge on any atom is -0.308 e. The van der Waals surface area contributed by atoms with Gasteiger partial charge in [-0.15, -0.1) is 0 Å². The maximum atomic E-state index is 12.5. The number of rotatable bonds is 5. The lowest BCUT2D eigenvalue weighted by atomic mass is 10.1. The van der Waals surface area contributed by atoms with E-state index in [0.29, 0.717) is 19.1 Å². The van der Waals surface area contributed by atoms with E-state index in [0.717, 1.165) is 25.1 Å². The standard InChI is InChI=1S/C13H20N6O2S/c1-18-10-13(9-16-18)22(20,21)19-6-3-11(4-7-19)14-8-12-2-5-15-17-12/h2,5,9-11,14H,3-4,6-8H2,1H3,(H,15,17). The molecule has 2 aromatic heterocycles. The van der Waals surface area contributed by atoms with Crippen molar-refractivity contribution in [2.24, 2.45) is 7.05 Å². The summed E-state index contributed by atoms with van der Waals surface area (Å²) in [6, 6.07) is 2.25. The molecule has 1 aliphatic rings. The molecule has 0 spiro atoms. The third kappa shape index (κ3) is 3.21. The smallest absolute Gasteiger partial charge is 0.246 e. The molecule has 8 nitrogen and oxygen atoms in total. The van der Waals surface area contributed by atoms with Crippen LogP contribution in [-0.4, -0.2) is 51.8 Å². The largest absolute Gasteiger partial charge is 0.308 e. The monoisotopic (exact) mass is 324 g/mol. The summed E-state index contributed by atoms with van der Waals surface area (Å²) in [5.41, 5.74) is 1.03. The van der Waals surface area contributed by atoms with Gasteiger partial charge in [0, 0.05) is 50.8 Å². The van der Waals surface area contributed by atoms with Gasteiger partial charge >= 0.3 is 0 Å². The summed E-state index contributed by atoms with van der Waals surface area (Å²) < 4.78 is 28.0. The second-order valence-corrected chi connectivity index (χ2v) is 7.43. The average molecular weight is 324 g/mol. The molecule has 1 saturated heterocycles. The van der Waals surface area contributed by atoms with Crippen LogP contribution in [0.3, 0.4) is 0 Å². The highest BCUT2D eigenvalue weighted by Gasteiger charge is 2.30. The van der Waals surface area contributed by atoms with E-state index < -0.39 is 10.0 Å². The van der Waals surface area contributed by atoms with Crippen molar-refractivity contribution in [1.82, 2.24) is 29.6 Å². The second-order valence-electron chi connectivity index (χ2n) is 5.49. The Labute approximate surface area is 129 Å². The second kappa shape index (κ2) is 6.19. The topological polar surface area (TPSA) is 95.9 Å². The van der Waals surface area contributed by atoms with E-state index in [1.807, 2.05) is 6.07 Å². The molecule has 0 aliphatic carbocycles. The summed E-state index contributed by atoms with van der Waals surface area (Å²) >= 11 is 0. The highest BCUT2D eigenvalue weighted by Crippen LogP contribution is 2.20. The van der Waals surface area contributed by atoms with Crippen molar-refractivity contribution in [1.29, 1.82) is 0 Å². The van der Waals surface area contributed by atoms with E-state index in [1.54, 1.807) is 17.5 Å². The number of nitrogens with one attached hydrogen (secondary N) is 2. The lowest BCUT2D eigenvalue weighted by Gasteiger charge is -2.31. The van der Waals surface area contributed by atoms with Crippen LogP contribution in [0.15, 0.2) is 29.6 Å². The van der Waals surface area contributed by atoms with Crippen LogP contribution in [0.1, 0.15) is 18.5 Å². The number of hydrogen-bond acceptors (Lipinski definition) is 5. The first-order valence-electron chi connectivity index (χ1n) is 7.26. The highest BCUT2D eigenvalue weighted by molar-refractivity contribution is 7.89. The van der Waals surface area contributed by atoms with Crippen molar-refractivity contribution in [3.05, 3.63) is 30.4 Å². The molecule has 1 fully saturated rings. The van der Waals surface area contributed by atoms with Gasteiger partial charge in [0.05, 0.1) is 6.20 Å². The molecule has 0 aromatic carbocycles. The van der Waals surface area contributed by atoms with Crippen molar-refractivity contribution < 1.29 is 8.42 Å². The average Bonchev–Trinajstić information content (AvgIpc) is 3.17. The Morgan fingerprint density at radius 2 is 2.18 bits per heavy atom. The Kier molecular flexibility index (Phi) is 4.27. The minimum atomic E-state index is -3.42. The van der Waals surface area contributed by atoms with Gasteiger partial charge in [0.25, 0.3) is 0 Å². The fourth-order valence-electron chi connectivity index (χ4n) is 2.62. The summed E-state index contributed by atoms with van der Waals surface area (Å²) in [5.74, 6) is 0. The predicted molar refractivity (Wildman–Crippen MR) is 80.4 cm³/mol. The zero-order chi connectivity index (χ0) is 15.6. The zero-order valence-corrected chi connectivity index (χ0v) is 13.3. The molecule has 9 heteroatoms. The Bertz CT molecular complexity index is 701. The number of hydrogen-bond donors (Lipinski definition) is 2. The first-order chi connectivity index (χ1) is 10.6. The van der Waals surface area contributed by atoms with Gasteiger partial charge in [-0.25, -0.2) is 8.42 Å². The van der Waals surface area contributed by atoms with Gasteiger partial charge in [0.15, 0.2) is 0 Å². The van der Waals surface area contributed by atoms with Gasteiger partial charge < -0.3 is 5.32 Å². The quantitative estimate of drug-likeness (QED) is 0.812. The van der Waals surface area contributed by atoms with Gasteiger partial charge in [-0.2, -0.15) is 14.5 Å². The number of aromatic amines is 1. The lowest BCUT2D eigenvalue weighted by Crippen LogP contribution is -2.44. The van der Waals surface area contributed by atoms with E-state index >= 15 is 0 Å². The van der Waals surface area contributed by atoms with Crippen LogP contribution >= 0.6 is 0 Å². The first-order valence-corrected chi connectivity index (χ1v) is 8.70. The van der Waals surface area contributed by atoms with Gasteiger partial charge in [0.1, 0.15) is 4.90 Å². The van der Waals surface area contributed by atoms with Gasteiger partial charge in [-0.05, 0) is 18.9 Å². The van der Waals surface area contributed by atoms with Crippen molar-refractivity contribution in [2.45, 2.75) is 30.3 Å². The Balaban J connectivity index is 1.55. The fourth-order valence-corrected chi connectivity index (χ4v) is 4.07. The van der Waals surface area contributed by atoms with Gasteiger partial charge in [-0.1, -0.05) is 0 Å². The number of sulfonamides is 1. The van der Waals surface area contributed by atoms with Crippen LogP contribution < -0.4 is 5.32 Å². The van der Waals surface area contributed by atoms with E-state index in [2.05, 4.69) is 20.6 Å². The van der Waals surface area contributed by atoms with Crippen molar-refractivity contribution in [3.63, 3.8) is 0 Å². The van der Waals surface area contributed by atoms with E-state index in [-0.39, 0.29) is 4.90 Å². The third-order valence-electron chi connectivity index (χ3n) is 3.91. The summed E-state index contributed by atoms with van der Waals surface area (Å²) in [4.78, 5) is 0.263. The Hall–Kier alpha value is -1.71. The molecule has 1 aliphatic heterocycles. The molecule has 3 rings (SSSR count). The van der Waals surface area contributed by atoms with E-state index in [1.165, 1.54) is 17.1 Å². The molecule has 0 amide bonds.